The minimum atomic E-state index is -0.777. The van der Waals surface area contributed by atoms with Gasteiger partial charge in [0.15, 0.2) is 0 Å². The molecule has 0 unspecified atom stereocenters. The molecule has 34 heavy (non-hydrogen) atoms. The highest BCUT2D eigenvalue weighted by Crippen LogP contribution is 2.34. The van der Waals surface area contributed by atoms with Crippen molar-refractivity contribution in [2.75, 3.05) is 19.5 Å². The minimum absolute atomic E-state index is 0.217. The molecule has 1 fully saturated rings. The quantitative estimate of drug-likeness (QED) is 0.319. The van der Waals surface area contributed by atoms with Crippen LogP contribution in [0.15, 0.2) is 65.6 Å². The first-order valence-electron chi connectivity index (χ1n) is 11.1. The summed E-state index contributed by atoms with van der Waals surface area (Å²) >= 11 is 8.34. The Morgan fingerprint density at radius 3 is 2.41 bits per heavy atom. The van der Waals surface area contributed by atoms with Crippen LogP contribution in [0.2, 0.25) is 5.02 Å². The molecule has 3 N–H and O–H groups in total. The number of aliphatic hydroxyl groups is 2. The second-order valence-electron chi connectivity index (χ2n) is 8.29. The molecule has 1 aliphatic rings. The Morgan fingerprint density at radius 2 is 1.76 bits per heavy atom. The number of nitrogens with zero attached hydrogens (tertiary/aromatic N) is 1. The summed E-state index contributed by atoms with van der Waals surface area (Å²) in [7, 11) is 0. The number of hydrogen-bond acceptors (Lipinski definition) is 6. The minimum Gasteiger partial charge on any atom is -0.459 e. The predicted octanol–water partition coefficient (Wildman–Crippen LogP) is 5.16. The summed E-state index contributed by atoms with van der Waals surface area (Å²) < 4.78 is 11.4. The van der Waals surface area contributed by atoms with Crippen molar-refractivity contribution in [1.29, 1.82) is 0 Å². The smallest absolute Gasteiger partial charge is 0.294 e. The van der Waals surface area contributed by atoms with E-state index in [-0.39, 0.29) is 19.3 Å². The Kier molecular flexibility index (Phi) is 6.81. The first-order chi connectivity index (χ1) is 16.5. The largest absolute Gasteiger partial charge is 0.459 e. The van der Waals surface area contributed by atoms with Crippen LogP contribution in [-0.2, 0) is 4.74 Å². The zero-order valence-electron chi connectivity index (χ0n) is 18.6. The number of aliphatic hydroxyl groups excluding tert-OH is 2. The van der Waals surface area contributed by atoms with E-state index in [2.05, 4.69) is 64.8 Å². The fraction of sp³-hybridized carbons (Fsp3) is 0.269. The normalized spacial score (nSPS) is 20.5. The van der Waals surface area contributed by atoms with Crippen LogP contribution in [0, 0.1) is 0 Å². The molecule has 0 aliphatic carbocycles. The van der Waals surface area contributed by atoms with E-state index in [1.54, 1.807) is 11.8 Å². The molecule has 1 aromatic heterocycles. The number of hydrogen-bond donors (Lipinski definition) is 3. The number of imidazole rings is 1. The van der Waals surface area contributed by atoms with Crippen LogP contribution in [0.1, 0.15) is 6.42 Å². The van der Waals surface area contributed by atoms with E-state index in [4.69, 9.17) is 21.1 Å². The third-order valence-electron chi connectivity index (χ3n) is 6.06. The number of ether oxygens (including phenoxy) is 2. The molecule has 6 nitrogen and oxygen atoms in total. The number of rotatable bonds is 6. The maximum Gasteiger partial charge on any atom is 0.294 e. The molecule has 1 saturated heterocycles. The Bertz CT molecular complexity index is 1280. The first kappa shape index (κ1) is 23.2. The van der Waals surface area contributed by atoms with Crippen LogP contribution < -0.4 is 4.74 Å². The van der Waals surface area contributed by atoms with E-state index < -0.39 is 12.2 Å². The van der Waals surface area contributed by atoms with Gasteiger partial charge in [-0.05, 0) is 47.2 Å². The Labute approximate surface area is 206 Å². The molecule has 1 aliphatic heterocycles. The predicted molar refractivity (Wildman–Crippen MR) is 136 cm³/mol. The van der Waals surface area contributed by atoms with Crippen LogP contribution in [0.4, 0.5) is 0 Å². The van der Waals surface area contributed by atoms with Gasteiger partial charge in [0.2, 0.25) is 0 Å². The number of benzene rings is 3. The van der Waals surface area contributed by atoms with Crippen LogP contribution >= 0.6 is 23.4 Å². The molecule has 4 aromatic rings. The highest BCUT2D eigenvalue weighted by atomic mass is 35.5. The molecule has 3 atom stereocenters. The number of nitrogens with one attached hydrogen (secondary N) is 1. The molecule has 5 rings (SSSR count). The molecule has 2 heterocycles. The van der Waals surface area contributed by atoms with Gasteiger partial charge in [0.05, 0.1) is 35.4 Å². The van der Waals surface area contributed by atoms with Gasteiger partial charge >= 0.3 is 0 Å². The summed E-state index contributed by atoms with van der Waals surface area (Å²) in [6.45, 7) is 0.0583. The summed E-state index contributed by atoms with van der Waals surface area (Å²) in [5, 5.41) is 19.9. The van der Waals surface area contributed by atoms with Crippen molar-refractivity contribution in [2.24, 2.45) is 0 Å². The van der Waals surface area contributed by atoms with E-state index >= 15 is 0 Å². The Morgan fingerprint density at radius 1 is 1.09 bits per heavy atom. The molecule has 3 aromatic carbocycles. The number of thioether (sulfide) groups is 1. The van der Waals surface area contributed by atoms with Gasteiger partial charge in [-0.2, -0.15) is 4.98 Å². The van der Waals surface area contributed by atoms with Crippen molar-refractivity contribution in [3.63, 3.8) is 0 Å². The summed E-state index contributed by atoms with van der Waals surface area (Å²) in [6.07, 6.45) is 0.728. The third-order valence-corrected chi connectivity index (χ3v) is 7.11. The maximum absolute atomic E-state index is 10.1. The number of aromatic amines is 1. The zero-order chi connectivity index (χ0) is 23.7. The van der Waals surface area contributed by atoms with Gasteiger partial charge in [0.25, 0.3) is 6.01 Å². The number of halogens is 1. The molecule has 0 bridgehead atoms. The van der Waals surface area contributed by atoms with Gasteiger partial charge < -0.3 is 24.7 Å². The lowest BCUT2D eigenvalue weighted by Crippen LogP contribution is -2.45. The Hall–Kier alpha value is -2.55. The van der Waals surface area contributed by atoms with Crippen molar-refractivity contribution in [3.8, 4) is 28.3 Å². The van der Waals surface area contributed by atoms with Gasteiger partial charge in [-0.1, -0.05) is 48.0 Å². The van der Waals surface area contributed by atoms with Crippen LogP contribution in [0.5, 0.6) is 6.01 Å². The SMILES string of the molecule is CSc1ccc(-c2ccc(-c3cc4nc(O[C@H]5CO[C@H](CO)[C@@H](O)C5)[nH]c4cc3Cl)cc2)cc1. The van der Waals surface area contributed by atoms with Gasteiger partial charge in [0.1, 0.15) is 12.2 Å². The second kappa shape index (κ2) is 9.98. The van der Waals surface area contributed by atoms with Crippen molar-refractivity contribution in [1.82, 2.24) is 9.97 Å². The van der Waals surface area contributed by atoms with E-state index in [9.17, 15) is 10.2 Å². The number of H-pyrrole nitrogens is 1. The highest BCUT2D eigenvalue weighted by molar-refractivity contribution is 7.98. The van der Waals surface area contributed by atoms with E-state index in [1.165, 1.54) is 10.5 Å². The average Bonchev–Trinajstić information content (AvgIpc) is 3.24. The van der Waals surface area contributed by atoms with Crippen LogP contribution in [0.25, 0.3) is 33.3 Å². The molecular formula is C26H25ClN2O4S. The van der Waals surface area contributed by atoms with Crippen LogP contribution in [0.3, 0.4) is 0 Å². The maximum atomic E-state index is 10.1. The van der Waals surface area contributed by atoms with E-state index in [0.717, 1.165) is 27.7 Å². The monoisotopic (exact) mass is 496 g/mol. The molecule has 0 radical (unpaired) electrons. The van der Waals surface area contributed by atoms with Gasteiger partial charge in [-0.3, -0.25) is 0 Å². The van der Waals surface area contributed by atoms with Gasteiger partial charge in [0, 0.05) is 16.9 Å². The summed E-state index contributed by atoms with van der Waals surface area (Å²) in [5.74, 6) is 0. The first-order valence-corrected chi connectivity index (χ1v) is 12.7. The molecule has 8 heteroatoms. The van der Waals surface area contributed by atoms with Crippen molar-refractivity contribution in [2.45, 2.75) is 29.6 Å². The van der Waals surface area contributed by atoms with E-state index in [0.29, 0.717) is 17.5 Å². The fourth-order valence-corrected chi connectivity index (χ4v) is 4.84. The van der Waals surface area contributed by atoms with Gasteiger partial charge in [-0.25, -0.2) is 0 Å². The number of fused-ring (bicyclic) bond motifs is 1. The third kappa shape index (κ3) is 4.80. The summed E-state index contributed by atoms with van der Waals surface area (Å²) in [5.41, 5.74) is 5.70. The lowest BCUT2D eigenvalue weighted by atomic mass is 10.00. The van der Waals surface area contributed by atoms with Crippen molar-refractivity contribution >= 4 is 34.4 Å². The summed E-state index contributed by atoms with van der Waals surface area (Å²) in [6, 6.07) is 21.0. The molecule has 0 saturated carbocycles. The highest BCUT2D eigenvalue weighted by Gasteiger charge is 2.31. The lowest BCUT2D eigenvalue weighted by molar-refractivity contribution is -0.131. The number of aromatic nitrogens is 2. The average molecular weight is 497 g/mol. The molecule has 0 amide bonds. The molecular weight excluding hydrogens is 472 g/mol. The van der Waals surface area contributed by atoms with E-state index in [1.807, 2.05) is 12.1 Å². The Balaban J connectivity index is 1.35. The fourth-order valence-electron chi connectivity index (χ4n) is 4.16. The second-order valence-corrected chi connectivity index (χ2v) is 9.58. The van der Waals surface area contributed by atoms with Crippen molar-refractivity contribution in [3.05, 3.63) is 65.7 Å². The lowest BCUT2D eigenvalue weighted by Gasteiger charge is -2.31. The molecule has 176 valence electrons. The standard InChI is InChI=1S/C26H25ClN2O4S/c1-34-19-8-6-16(7-9-19)15-2-4-17(5-3-15)20-11-22-23(12-21(20)27)29-26(28-22)33-18-10-24(31)25(13-30)32-14-18/h2-9,11-12,18,24-25,30-31H,10,13-14H2,1H3,(H,28,29)/t18-,24+,25-/m1/s1. The van der Waals surface area contributed by atoms with Crippen LogP contribution in [-0.4, -0.2) is 58.0 Å². The topological polar surface area (TPSA) is 87.6 Å². The molecule has 0 spiro atoms. The van der Waals surface area contributed by atoms with Gasteiger partial charge in [-0.15, -0.1) is 11.8 Å². The summed E-state index contributed by atoms with van der Waals surface area (Å²) in [4.78, 5) is 8.93. The van der Waals surface area contributed by atoms with Crippen molar-refractivity contribution < 1.29 is 19.7 Å². The zero-order valence-corrected chi connectivity index (χ0v) is 20.1.